The van der Waals surface area contributed by atoms with Crippen LogP contribution in [0.3, 0.4) is 0 Å². The molecule has 2 rings (SSSR count). The summed E-state index contributed by atoms with van der Waals surface area (Å²) in [4.78, 5) is 12.1. The first-order valence-corrected chi connectivity index (χ1v) is 8.67. The van der Waals surface area contributed by atoms with Gasteiger partial charge in [-0.15, -0.1) is 0 Å². The average Bonchev–Trinajstić information content (AvgIpc) is 2.85. The van der Waals surface area contributed by atoms with Crippen molar-refractivity contribution in [1.29, 1.82) is 0 Å². The number of nitrogens with zero attached hydrogens (tertiary/aromatic N) is 1. The lowest BCUT2D eigenvalue weighted by molar-refractivity contribution is 0.0949. The molecule has 2 aromatic rings. The van der Waals surface area contributed by atoms with Crippen LogP contribution in [0.4, 0.5) is 0 Å². The number of carbonyl (C=O) groups excluding carboxylic acids is 1. The Labute approximate surface area is 135 Å². The molecule has 124 valence electrons. The molecule has 23 heavy (non-hydrogen) atoms. The highest BCUT2D eigenvalue weighted by Gasteiger charge is 2.17. The molecule has 2 N–H and O–H groups in total. The van der Waals surface area contributed by atoms with E-state index in [1.165, 1.54) is 7.05 Å². The molecule has 0 saturated heterocycles. The first-order valence-electron chi connectivity index (χ1n) is 7.02. The van der Waals surface area contributed by atoms with Crippen molar-refractivity contribution in [2.24, 2.45) is 0 Å². The minimum Gasteiger partial charge on any atom is -0.361 e. The van der Waals surface area contributed by atoms with Gasteiger partial charge >= 0.3 is 0 Å². The summed E-state index contributed by atoms with van der Waals surface area (Å²) in [5.74, 6) is 0.158. The Morgan fingerprint density at radius 1 is 1.17 bits per heavy atom. The van der Waals surface area contributed by atoms with Crippen molar-refractivity contribution >= 4 is 15.9 Å². The lowest BCUT2D eigenvalue weighted by Crippen LogP contribution is -2.24. The van der Waals surface area contributed by atoms with Crippen LogP contribution in [0.25, 0.3) is 0 Å². The highest BCUT2D eigenvalue weighted by molar-refractivity contribution is 7.88. The van der Waals surface area contributed by atoms with Crippen molar-refractivity contribution in [2.45, 2.75) is 26.1 Å². The summed E-state index contributed by atoms with van der Waals surface area (Å²) in [6.07, 6.45) is 0. The summed E-state index contributed by atoms with van der Waals surface area (Å²) in [7, 11) is -1.90. The van der Waals surface area contributed by atoms with Crippen LogP contribution >= 0.6 is 0 Å². The highest BCUT2D eigenvalue weighted by atomic mass is 32.2. The quantitative estimate of drug-likeness (QED) is 0.826. The predicted molar refractivity (Wildman–Crippen MR) is 85.3 cm³/mol. The van der Waals surface area contributed by atoms with Gasteiger partial charge in [-0.3, -0.25) is 4.79 Å². The number of aryl methyl sites for hydroxylation is 2. The molecular formula is C15H19N3O4S. The van der Waals surface area contributed by atoms with Gasteiger partial charge in [0.2, 0.25) is 10.0 Å². The van der Waals surface area contributed by atoms with Crippen molar-refractivity contribution in [1.82, 2.24) is 15.2 Å². The monoisotopic (exact) mass is 337 g/mol. The molecule has 1 aromatic carbocycles. The SMILES string of the molecule is CNS(=O)(=O)Cc1ccc(CNC(=O)c2c(C)noc2C)cc1. The molecular weight excluding hydrogens is 318 g/mol. The third-order valence-corrected chi connectivity index (χ3v) is 4.74. The Morgan fingerprint density at radius 3 is 2.30 bits per heavy atom. The van der Waals surface area contributed by atoms with E-state index in [1.54, 1.807) is 38.1 Å². The molecule has 0 aliphatic rings. The van der Waals surface area contributed by atoms with Crippen LogP contribution in [0.5, 0.6) is 0 Å². The van der Waals surface area contributed by atoms with E-state index in [0.29, 0.717) is 29.1 Å². The van der Waals surface area contributed by atoms with Gasteiger partial charge in [-0.2, -0.15) is 0 Å². The molecule has 7 nitrogen and oxygen atoms in total. The van der Waals surface area contributed by atoms with Crippen LogP contribution in [-0.4, -0.2) is 26.5 Å². The molecule has 0 aliphatic carbocycles. The standard InChI is InChI=1S/C15H19N3O4S/c1-10-14(11(2)22-18-10)15(19)17-8-12-4-6-13(7-5-12)9-23(20,21)16-3/h4-7,16H,8-9H2,1-3H3,(H,17,19). The lowest BCUT2D eigenvalue weighted by Gasteiger charge is -2.07. The molecule has 0 fully saturated rings. The molecule has 1 aromatic heterocycles. The summed E-state index contributed by atoms with van der Waals surface area (Å²) >= 11 is 0. The Kier molecular flexibility index (Phi) is 5.17. The molecule has 0 radical (unpaired) electrons. The molecule has 1 heterocycles. The van der Waals surface area contributed by atoms with E-state index in [-0.39, 0.29) is 11.7 Å². The van der Waals surface area contributed by atoms with Crippen molar-refractivity contribution < 1.29 is 17.7 Å². The third kappa shape index (κ3) is 4.40. The number of amides is 1. The van der Waals surface area contributed by atoms with Crippen molar-refractivity contribution in [3.63, 3.8) is 0 Å². The fourth-order valence-corrected chi connectivity index (χ4v) is 2.90. The third-order valence-electron chi connectivity index (χ3n) is 3.40. The minimum atomic E-state index is -3.29. The second-order valence-corrected chi connectivity index (χ2v) is 7.09. The zero-order chi connectivity index (χ0) is 17.0. The number of aromatic nitrogens is 1. The van der Waals surface area contributed by atoms with E-state index < -0.39 is 10.0 Å². The number of hydrogen-bond donors (Lipinski definition) is 2. The zero-order valence-corrected chi connectivity index (χ0v) is 14.0. The van der Waals surface area contributed by atoms with Crippen molar-refractivity contribution in [2.75, 3.05) is 7.05 Å². The highest BCUT2D eigenvalue weighted by Crippen LogP contribution is 2.12. The topological polar surface area (TPSA) is 101 Å². The van der Waals surface area contributed by atoms with E-state index in [4.69, 9.17) is 4.52 Å². The summed E-state index contributed by atoms with van der Waals surface area (Å²) in [6, 6.07) is 7.03. The van der Waals surface area contributed by atoms with Gasteiger partial charge in [-0.1, -0.05) is 29.4 Å². The predicted octanol–water partition coefficient (Wildman–Crippen LogP) is 1.27. The smallest absolute Gasteiger partial charge is 0.257 e. The molecule has 0 unspecified atom stereocenters. The summed E-state index contributed by atoms with van der Waals surface area (Å²) in [5.41, 5.74) is 2.55. The molecule has 0 spiro atoms. The van der Waals surface area contributed by atoms with Crippen molar-refractivity contribution in [3.8, 4) is 0 Å². The number of nitrogens with one attached hydrogen (secondary N) is 2. The van der Waals surface area contributed by atoms with E-state index in [0.717, 1.165) is 5.56 Å². The number of sulfonamides is 1. The summed E-state index contributed by atoms with van der Waals surface area (Å²) in [5, 5.41) is 6.54. The Morgan fingerprint density at radius 2 is 1.78 bits per heavy atom. The maximum absolute atomic E-state index is 12.1. The van der Waals surface area contributed by atoms with Crippen LogP contribution in [0, 0.1) is 13.8 Å². The Hall–Kier alpha value is -2.19. The fourth-order valence-electron chi connectivity index (χ4n) is 2.12. The minimum absolute atomic E-state index is 0.0742. The first-order chi connectivity index (χ1) is 10.8. The Bertz CT molecular complexity index is 775. The van der Waals surface area contributed by atoms with Crippen LogP contribution in [0.15, 0.2) is 28.8 Å². The molecule has 1 amide bonds. The van der Waals surface area contributed by atoms with E-state index >= 15 is 0 Å². The number of rotatable bonds is 6. The second kappa shape index (κ2) is 6.93. The van der Waals surface area contributed by atoms with Crippen LogP contribution in [0.1, 0.15) is 32.9 Å². The van der Waals surface area contributed by atoms with Gasteiger partial charge in [0.05, 0.1) is 11.4 Å². The maximum atomic E-state index is 12.1. The molecule has 8 heteroatoms. The van der Waals surface area contributed by atoms with Gasteiger partial charge in [-0.05, 0) is 32.0 Å². The van der Waals surface area contributed by atoms with Gasteiger partial charge in [0.1, 0.15) is 11.3 Å². The molecule has 0 atom stereocenters. The van der Waals surface area contributed by atoms with E-state index in [1.807, 2.05) is 0 Å². The molecule has 0 aliphatic heterocycles. The van der Waals surface area contributed by atoms with Crippen molar-refractivity contribution in [3.05, 3.63) is 52.4 Å². The van der Waals surface area contributed by atoms with Crippen LogP contribution < -0.4 is 10.0 Å². The van der Waals surface area contributed by atoms with Gasteiger partial charge in [0.25, 0.3) is 5.91 Å². The Balaban J connectivity index is 1.98. The van der Waals surface area contributed by atoms with Gasteiger partial charge in [0, 0.05) is 6.54 Å². The van der Waals surface area contributed by atoms with E-state index in [9.17, 15) is 13.2 Å². The second-order valence-electron chi connectivity index (χ2n) is 5.16. The zero-order valence-electron chi connectivity index (χ0n) is 13.2. The normalized spacial score (nSPS) is 11.4. The maximum Gasteiger partial charge on any atom is 0.257 e. The van der Waals surface area contributed by atoms with Crippen LogP contribution in [-0.2, 0) is 22.3 Å². The average molecular weight is 337 g/mol. The number of hydrogen-bond acceptors (Lipinski definition) is 5. The number of carbonyl (C=O) groups is 1. The first kappa shape index (κ1) is 17.2. The lowest BCUT2D eigenvalue weighted by atomic mass is 10.1. The van der Waals surface area contributed by atoms with Gasteiger partial charge in [0.15, 0.2) is 0 Å². The number of benzene rings is 1. The van der Waals surface area contributed by atoms with Gasteiger partial charge < -0.3 is 9.84 Å². The fraction of sp³-hybridized carbons (Fsp3) is 0.333. The van der Waals surface area contributed by atoms with Crippen LogP contribution in [0.2, 0.25) is 0 Å². The summed E-state index contributed by atoms with van der Waals surface area (Å²) < 4.78 is 30.2. The van der Waals surface area contributed by atoms with E-state index in [2.05, 4.69) is 15.2 Å². The summed E-state index contributed by atoms with van der Waals surface area (Å²) in [6.45, 7) is 3.73. The largest absolute Gasteiger partial charge is 0.361 e. The molecule has 0 saturated carbocycles. The molecule has 0 bridgehead atoms. The van der Waals surface area contributed by atoms with Gasteiger partial charge in [-0.25, -0.2) is 13.1 Å².